The first-order valence-corrected chi connectivity index (χ1v) is 9.24. The van der Waals surface area contributed by atoms with Gasteiger partial charge in [0.2, 0.25) is 0 Å². The highest BCUT2D eigenvalue weighted by molar-refractivity contribution is 6.46. The third-order valence-electron chi connectivity index (χ3n) is 4.78. The molecule has 4 rings (SSSR count). The second-order valence-corrected chi connectivity index (χ2v) is 6.75. The summed E-state index contributed by atoms with van der Waals surface area (Å²) in [7, 11) is 1.58. The predicted octanol–water partition coefficient (Wildman–Crippen LogP) is 4.40. The highest BCUT2D eigenvalue weighted by Gasteiger charge is 2.40. The maximum absolute atomic E-state index is 13.3. The summed E-state index contributed by atoms with van der Waals surface area (Å²) in [6.07, 6.45) is 0. The van der Waals surface area contributed by atoms with E-state index in [0.717, 1.165) is 5.56 Å². The van der Waals surface area contributed by atoms with E-state index in [1.807, 2.05) is 55.5 Å². The van der Waals surface area contributed by atoms with Crippen molar-refractivity contribution in [3.8, 4) is 5.75 Å². The van der Waals surface area contributed by atoms with Crippen LogP contribution in [0.1, 0.15) is 11.1 Å². The minimum absolute atomic E-state index is 0.246. The molecule has 0 aliphatic carbocycles. The lowest BCUT2D eigenvalue weighted by Crippen LogP contribution is -2.32. The summed E-state index contributed by atoms with van der Waals surface area (Å²) in [4.78, 5) is 27.8. The van der Waals surface area contributed by atoms with Crippen LogP contribution in [0.4, 0.5) is 11.4 Å². The quantitative estimate of drug-likeness (QED) is 0.663. The fourth-order valence-corrected chi connectivity index (χ4v) is 3.29. The van der Waals surface area contributed by atoms with Gasteiger partial charge in [-0.1, -0.05) is 54.1 Å². The van der Waals surface area contributed by atoms with Crippen LogP contribution in [0.25, 0.3) is 5.57 Å². The molecule has 0 saturated heterocycles. The number of imide groups is 1. The zero-order valence-electron chi connectivity index (χ0n) is 16.2. The van der Waals surface area contributed by atoms with E-state index in [9.17, 15) is 9.59 Å². The van der Waals surface area contributed by atoms with Crippen molar-refractivity contribution < 1.29 is 14.3 Å². The van der Waals surface area contributed by atoms with Gasteiger partial charge in [-0.2, -0.15) is 0 Å². The number of para-hydroxylation sites is 1. The van der Waals surface area contributed by atoms with Gasteiger partial charge in [-0.15, -0.1) is 0 Å². The van der Waals surface area contributed by atoms with Crippen molar-refractivity contribution in [3.63, 3.8) is 0 Å². The number of methoxy groups -OCH3 is 1. The number of benzene rings is 3. The number of nitrogens with one attached hydrogen (secondary N) is 1. The number of hydrogen-bond donors (Lipinski definition) is 1. The summed E-state index contributed by atoms with van der Waals surface area (Å²) >= 11 is 0. The average molecular weight is 384 g/mol. The number of ether oxygens (including phenoxy) is 1. The minimum atomic E-state index is -0.389. The van der Waals surface area contributed by atoms with Crippen LogP contribution in [0.15, 0.2) is 84.6 Å². The van der Waals surface area contributed by atoms with Crippen LogP contribution in [0, 0.1) is 6.92 Å². The van der Waals surface area contributed by atoms with Gasteiger partial charge < -0.3 is 10.1 Å². The lowest BCUT2D eigenvalue weighted by atomic mass is 10.0. The molecule has 0 radical (unpaired) electrons. The van der Waals surface area contributed by atoms with Gasteiger partial charge in [0.05, 0.1) is 18.4 Å². The molecule has 29 heavy (non-hydrogen) atoms. The summed E-state index contributed by atoms with van der Waals surface area (Å²) in [5.41, 5.74) is 3.57. The molecule has 144 valence electrons. The van der Waals surface area contributed by atoms with Gasteiger partial charge in [0.15, 0.2) is 0 Å². The van der Waals surface area contributed by atoms with Gasteiger partial charge in [-0.25, -0.2) is 4.90 Å². The minimum Gasteiger partial charge on any atom is -0.497 e. The van der Waals surface area contributed by atoms with Crippen molar-refractivity contribution >= 4 is 28.8 Å². The number of hydrogen-bond acceptors (Lipinski definition) is 4. The van der Waals surface area contributed by atoms with Crippen LogP contribution in [0.3, 0.4) is 0 Å². The number of amides is 2. The van der Waals surface area contributed by atoms with E-state index < -0.39 is 0 Å². The zero-order valence-corrected chi connectivity index (χ0v) is 16.2. The van der Waals surface area contributed by atoms with Crippen LogP contribution < -0.4 is 15.0 Å². The predicted molar refractivity (Wildman–Crippen MR) is 114 cm³/mol. The second kappa shape index (κ2) is 7.64. The van der Waals surface area contributed by atoms with Crippen LogP contribution in [-0.2, 0) is 9.59 Å². The molecule has 3 aromatic carbocycles. The van der Waals surface area contributed by atoms with E-state index in [2.05, 4.69) is 5.32 Å². The summed E-state index contributed by atoms with van der Waals surface area (Å²) in [6, 6.07) is 23.8. The van der Waals surface area contributed by atoms with Crippen molar-refractivity contribution in [3.05, 3.63) is 95.7 Å². The first-order valence-electron chi connectivity index (χ1n) is 9.24. The van der Waals surface area contributed by atoms with E-state index in [1.54, 1.807) is 37.4 Å². The van der Waals surface area contributed by atoms with Gasteiger partial charge in [0.1, 0.15) is 11.4 Å². The Balaban J connectivity index is 1.81. The number of carbonyl (C=O) groups is 2. The van der Waals surface area contributed by atoms with Crippen molar-refractivity contribution in [1.82, 2.24) is 0 Å². The Kier molecular flexibility index (Phi) is 4.87. The molecule has 1 heterocycles. The third kappa shape index (κ3) is 3.50. The normalized spacial score (nSPS) is 13.8. The fourth-order valence-electron chi connectivity index (χ4n) is 3.29. The largest absolute Gasteiger partial charge is 0.497 e. The monoisotopic (exact) mass is 384 g/mol. The van der Waals surface area contributed by atoms with Gasteiger partial charge in [-0.3, -0.25) is 9.59 Å². The number of rotatable bonds is 5. The molecule has 0 unspecified atom stereocenters. The SMILES string of the molecule is COc1cccc(NC2=C(c3ccc(C)cc3)C(=O)N(c3ccccc3)C2=O)c1. The second-order valence-electron chi connectivity index (χ2n) is 6.75. The number of carbonyl (C=O) groups excluding carboxylic acids is 2. The molecule has 2 amide bonds. The van der Waals surface area contributed by atoms with Gasteiger partial charge in [0.25, 0.3) is 11.8 Å². The van der Waals surface area contributed by atoms with E-state index in [-0.39, 0.29) is 17.5 Å². The lowest BCUT2D eigenvalue weighted by Gasteiger charge is -2.15. The van der Waals surface area contributed by atoms with E-state index >= 15 is 0 Å². The fraction of sp³-hybridized carbons (Fsp3) is 0.0833. The van der Waals surface area contributed by atoms with Crippen molar-refractivity contribution in [2.75, 3.05) is 17.3 Å². The van der Waals surface area contributed by atoms with Crippen molar-refractivity contribution in [1.29, 1.82) is 0 Å². The Morgan fingerprint density at radius 3 is 2.24 bits per heavy atom. The molecule has 3 aromatic rings. The average Bonchev–Trinajstić information content (AvgIpc) is 2.99. The molecular formula is C24H20N2O3. The molecule has 0 saturated carbocycles. The van der Waals surface area contributed by atoms with Gasteiger partial charge in [-0.05, 0) is 36.8 Å². The Labute approximate surface area is 169 Å². The lowest BCUT2D eigenvalue weighted by molar-refractivity contribution is -0.120. The van der Waals surface area contributed by atoms with Crippen LogP contribution >= 0.6 is 0 Å². The molecule has 1 N–H and O–H groups in total. The molecular weight excluding hydrogens is 364 g/mol. The Morgan fingerprint density at radius 2 is 1.55 bits per heavy atom. The summed E-state index contributed by atoms with van der Waals surface area (Å²) in [5, 5.41) is 3.15. The number of nitrogens with zero attached hydrogens (tertiary/aromatic N) is 1. The highest BCUT2D eigenvalue weighted by atomic mass is 16.5. The molecule has 0 aromatic heterocycles. The smallest absolute Gasteiger partial charge is 0.282 e. The molecule has 0 spiro atoms. The molecule has 1 aliphatic rings. The topological polar surface area (TPSA) is 58.6 Å². The first kappa shape index (κ1) is 18.5. The maximum atomic E-state index is 13.3. The molecule has 0 atom stereocenters. The maximum Gasteiger partial charge on any atom is 0.282 e. The Morgan fingerprint density at radius 1 is 0.828 bits per heavy atom. The molecule has 5 heteroatoms. The summed E-state index contributed by atoms with van der Waals surface area (Å²) in [6.45, 7) is 1.98. The van der Waals surface area contributed by atoms with E-state index in [1.165, 1.54) is 4.90 Å². The molecule has 0 fully saturated rings. The van der Waals surface area contributed by atoms with Gasteiger partial charge >= 0.3 is 0 Å². The Bertz CT molecular complexity index is 1100. The summed E-state index contributed by atoms with van der Waals surface area (Å²) < 4.78 is 5.26. The molecule has 0 bridgehead atoms. The molecule has 5 nitrogen and oxygen atoms in total. The van der Waals surface area contributed by atoms with E-state index in [0.29, 0.717) is 28.3 Å². The Hall–Kier alpha value is -3.86. The number of anilines is 2. The van der Waals surface area contributed by atoms with Crippen molar-refractivity contribution in [2.45, 2.75) is 6.92 Å². The number of aryl methyl sites for hydroxylation is 1. The molecule has 1 aliphatic heterocycles. The standard InChI is InChI=1S/C24H20N2O3/c1-16-11-13-17(14-12-16)21-22(25-18-7-6-10-20(15-18)29-2)24(28)26(23(21)27)19-8-4-3-5-9-19/h3-15,25H,1-2H3. The highest BCUT2D eigenvalue weighted by Crippen LogP contribution is 2.34. The van der Waals surface area contributed by atoms with Crippen molar-refractivity contribution in [2.24, 2.45) is 0 Å². The van der Waals surface area contributed by atoms with Crippen LogP contribution in [0.5, 0.6) is 5.75 Å². The van der Waals surface area contributed by atoms with Crippen LogP contribution in [0.2, 0.25) is 0 Å². The van der Waals surface area contributed by atoms with Gasteiger partial charge in [0, 0.05) is 11.8 Å². The first-order chi connectivity index (χ1) is 14.1. The van der Waals surface area contributed by atoms with Crippen LogP contribution in [-0.4, -0.2) is 18.9 Å². The van der Waals surface area contributed by atoms with E-state index in [4.69, 9.17) is 4.74 Å². The zero-order chi connectivity index (χ0) is 20.4. The summed E-state index contributed by atoms with van der Waals surface area (Å²) in [5.74, 6) is -0.0841. The third-order valence-corrected chi connectivity index (χ3v) is 4.78.